The largest absolute Gasteiger partial charge is 0.356 e. The molecule has 1 aliphatic heterocycles. The molecule has 2 fully saturated rings. The van der Waals surface area contributed by atoms with Gasteiger partial charge in [-0.25, -0.2) is 8.42 Å². The van der Waals surface area contributed by atoms with Crippen molar-refractivity contribution in [1.29, 1.82) is 0 Å². The zero-order chi connectivity index (χ0) is 17.0. The zero-order valence-corrected chi connectivity index (χ0v) is 15.1. The molecular formula is C14H26ClF2N3O3S. The second kappa shape index (κ2) is 9.26. The summed E-state index contributed by atoms with van der Waals surface area (Å²) in [6, 6.07) is 0.0855. The van der Waals surface area contributed by atoms with Crippen LogP contribution in [-0.2, 0) is 14.8 Å². The Morgan fingerprint density at radius 1 is 1.21 bits per heavy atom. The van der Waals surface area contributed by atoms with Crippen molar-refractivity contribution in [3.8, 4) is 0 Å². The van der Waals surface area contributed by atoms with E-state index in [-0.39, 0.29) is 49.3 Å². The van der Waals surface area contributed by atoms with Crippen molar-refractivity contribution in [2.75, 3.05) is 19.6 Å². The van der Waals surface area contributed by atoms with E-state index in [9.17, 15) is 22.0 Å². The van der Waals surface area contributed by atoms with Crippen molar-refractivity contribution in [2.24, 2.45) is 17.6 Å². The van der Waals surface area contributed by atoms with Gasteiger partial charge in [0, 0.05) is 31.6 Å². The molecule has 2 aliphatic rings. The van der Waals surface area contributed by atoms with E-state index in [1.165, 1.54) is 0 Å². The van der Waals surface area contributed by atoms with E-state index in [0.29, 0.717) is 25.8 Å². The molecule has 0 aromatic rings. The van der Waals surface area contributed by atoms with Gasteiger partial charge >= 0.3 is 5.76 Å². The van der Waals surface area contributed by atoms with Crippen LogP contribution in [0.2, 0.25) is 0 Å². The molecule has 2 atom stereocenters. The molecule has 24 heavy (non-hydrogen) atoms. The first-order valence-electron chi connectivity index (χ1n) is 8.11. The molecule has 10 heteroatoms. The molecule has 1 saturated heterocycles. The third-order valence-corrected chi connectivity index (χ3v) is 6.34. The number of nitrogens with two attached hydrogens (primary N) is 1. The average Bonchev–Trinajstić information content (AvgIpc) is 2.52. The fourth-order valence-electron chi connectivity index (χ4n) is 3.34. The Labute approximate surface area is 148 Å². The van der Waals surface area contributed by atoms with Crippen LogP contribution in [0.25, 0.3) is 0 Å². The van der Waals surface area contributed by atoms with Gasteiger partial charge in [-0.15, -0.1) is 12.4 Å². The number of rotatable bonds is 5. The summed E-state index contributed by atoms with van der Waals surface area (Å²) in [5.74, 6) is -3.28. The molecular weight excluding hydrogens is 364 g/mol. The SMILES string of the molecule is Cl.NC1CCCC(C(=O)NCC2CCN(S(=O)(=O)C(F)F)CC2)C1. The number of hydrogen-bond acceptors (Lipinski definition) is 4. The van der Waals surface area contributed by atoms with E-state index in [4.69, 9.17) is 5.73 Å². The van der Waals surface area contributed by atoms with Crippen molar-refractivity contribution in [1.82, 2.24) is 9.62 Å². The fraction of sp³-hybridized carbons (Fsp3) is 0.929. The van der Waals surface area contributed by atoms with Crippen LogP contribution < -0.4 is 11.1 Å². The number of carbonyl (C=O) groups is 1. The summed E-state index contributed by atoms with van der Waals surface area (Å²) in [6.07, 6.45) is 4.44. The highest BCUT2D eigenvalue weighted by Gasteiger charge is 2.35. The second-order valence-electron chi connectivity index (χ2n) is 6.52. The van der Waals surface area contributed by atoms with Crippen molar-refractivity contribution >= 4 is 28.3 Å². The smallest absolute Gasteiger partial charge is 0.350 e. The van der Waals surface area contributed by atoms with E-state index >= 15 is 0 Å². The Morgan fingerprint density at radius 2 is 1.83 bits per heavy atom. The van der Waals surface area contributed by atoms with Gasteiger partial charge in [-0.1, -0.05) is 6.42 Å². The molecule has 0 aromatic heterocycles. The van der Waals surface area contributed by atoms with Gasteiger partial charge in [0.25, 0.3) is 10.0 Å². The summed E-state index contributed by atoms with van der Waals surface area (Å²) < 4.78 is 48.6. The van der Waals surface area contributed by atoms with E-state index in [1.807, 2.05) is 0 Å². The Hall–Kier alpha value is -0.510. The Kier molecular flexibility index (Phi) is 8.31. The molecule has 1 heterocycles. The van der Waals surface area contributed by atoms with Crippen molar-refractivity contribution < 1.29 is 22.0 Å². The first-order chi connectivity index (χ1) is 10.8. The fourth-order valence-corrected chi connectivity index (χ4v) is 4.28. The Morgan fingerprint density at radius 3 is 2.38 bits per heavy atom. The molecule has 142 valence electrons. The molecule has 0 aromatic carbocycles. The molecule has 0 spiro atoms. The summed E-state index contributed by atoms with van der Waals surface area (Å²) in [5, 5.41) is 2.91. The Bertz CT molecular complexity index is 513. The number of amides is 1. The minimum absolute atomic E-state index is 0. The maximum absolute atomic E-state index is 12.5. The molecule has 1 aliphatic carbocycles. The molecule has 2 rings (SSSR count). The number of nitrogens with zero attached hydrogens (tertiary/aromatic N) is 1. The first-order valence-corrected chi connectivity index (χ1v) is 9.61. The number of sulfonamides is 1. The number of carbonyl (C=O) groups excluding carboxylic acids is 1. The van der Waals surface area contributed by atoms with Crippen LogP contribution in [0.15, 0.2) is 0 Å². The number of alkyl halides is 2. The lowest BCUT2D eigenvalue weighted by atomic mass is 9.85. The van der Waals surface area contributed by atoms with Crippen LogP contribution in [-0.4, -0.2) is 50.1 Å². The molecule has 6 nitrogen and oxygen atoms in total. The standard InChI is InChI=1S/C14H25F2N3O3S.ClH/c15-14(16)23(21,22)19-6-4-10(5-7-19)9-18-13(20)11-2-1-3-12(17)8-11;/h10-12,14H,1-9,17H2,(H,18,20);1H. The predicted molar refractivity (Wildman–Crippen MR) is 89.4 cm³/mol. The molecule has 2 unspecified atom stereocenters. The normalized spacial score (nSPS) is 26.8. The maximum atomic E-state index is 12.5. The predicted octanol–water partition coefficient (Wildman–Crippen LogP) is 1.31. The van der Waals surface area contributed by atoms with E-state index in [2.05, 4.69) is 5.32 Å². The second-order valence-corrected chi connectivity index (χ2v) is 8.42. The highest BCUT2D eigenvalue weighted by Crippen LogP contribution is 2.24. The lowest BCUT2D eigenvalue weighted by Gasteiger charge is -2.31. The highest BCUT2D eigenvalue weighted by atomic mass is 35.5. The zero-order valence-electron chi connectivity index (χ0n) is 13.5. The van der Waals surface area contributed by atoms with Gasteiger partial charge < -0.3 is 11.1 Å². The van der Waals surface area contributed by atoms with E-state index in [0.717, 1.165) is 23.6 Å². The highest BCUT2D eigenvalue weighted by molar-refractivity contribution is 7.89. The van der Waals surface area contributed by atoms with Crippen LogP contribution in [0.3, 0.4) is 0 Å². The minimum Gasteiger partial charge on any atom is -0.356 e. The topological polar surface area (TPSA) is 92.5 Å². The van der Waals surface area contributed by atoms with Crippen molar-refractivity contribution in [3.63, 3.8) is 0 Å². The van der Waals surface area contributed by atoms with Gasteiger partial charge in [0.05, 0.1) is 0 Å². The quantitative estimate of drug-likeness (QED) is 0.741. The lowest BCUT2D eigenvalue weighted by Crippen LogP contribution is -2.44. The van der Waals surface area contributed by atoms with E-state index in [1.54, 1.807) is 0 Å². The number of halogens is 3. The maximum Gasteiger partial charge on any atom is 0.350 e. The third kappa shape index (κ3) is 5.50. The molecule has 3 N–H and O–H groups in total. The Balaban J connectivity index is 0.00000288. The van der Waals surface area contributed by atoms with Crippen molar-refractivity contribution in [3.05, 3.63) is 0 Å². The van der Waals surface area contributed by atoms with E-state index < -0.39 is 15.8 Å². The van der Waals surface area contributed by atoms with Crippen LogP contribution in [0.5, 0.6) is 0 Å². The first kappa shape index (κ1) is 21.5. The van der Waals surface area contributed by atoms with Gasteiger partial charge in [-0.05, 0) is 38.0 Å². The number of piperidine rings is 1. The van der Waals surface area contributed by atoms with Gasteiger partial charge in [-0.3, -0.25) is 4.79 Å². The third-order valence-electron chi connectivity index (χ3n) is 4.81. The van der Waals surface area contributed by atoms with Gasteiger partial charge in [0.1, 0.15) is 0 Å². The summed E-state index contributed by atoms with van der Waals surface area (Å²) in [5.41, 5.74) is 5.88. The van der Waals surface area contributed by atoms with Crippen LogP contribution in [0.4, 0.5) is 8.78 Å². The summed E-state index contributed by atoms with van der Waals surface area (Å²) in [6.45, 7) is 0.635. The molecule has 1 saturated carbocycles. The number of hydrogen-bond donors (Lipinski definition) is 2. The van der Waals surface area contributed by atoms with Crippen LogP contribution in [0, 0.1) is 11.8 Å². The van der Waals surface area contributed by atoms with Gasteiger partial charge in [0.15, 0.2) is 0 Å². The average molecular weight is 390 g/mol. The molecule has 1 amide bonds. The van der Waals surface area contributed by atoms with Gasteiger partial charge in [0.2, 0.25) is 5.91 Å². The minimum atomic E-state index is -4.48. The molecule has 0 radical (unpaired) electrons. The summed E-state index contributed by atoms with van der Waals surface area (Å²) in [7, 11) is -4.48. The van der Waals surface area contributed by atoms with Crippen LogP contribution >= 0.6 is 12.4 Å². The monoisotopic (exact) mass is 389 g/mol. The van der Waals surface area contributed by atoms with Gasteiger partial charge in [-0.2, -0.15) is 13.1 Å². The molecule has 0 bridgehead atoms. The lowest BCUT2D eigenvalue weighted by molar-refractivity contribution is -0.126. The number of nitrogens with one attached hydrogen (secondary N) is 1. The van der Waals surface area contributed by atoms with Crippen LogP contribution in [0.1, 0.15) is 38.5 Å². The summed E-state index contributed by atoms with van der Waals surface area (Å²) in [4.78, 5) is 12.1. The van der Waals surface area contributed by atoms with Crippen molar-refractivity contribution in [2.45, 2.75) is 50.3 Å². The summed E-state index contributed by atoms with van der Waals surface area (Å²) >= 11 is 0.